The molecule has 26 heavy (non-hydrogen) atoms. The minimum absolute atomic E-state index is 0.643. The van der Waals surface area contributed by atoms with E-state index >= 15 is 0 Å². The van der Waals surface area contributed by atoms with Crippen molar-refractivity contribution in [3.05, 3.63) is 53.6 Å². The Morgan fingerprint density at radius 3 is 2.38 bits per heavy atom. The summed E-state index contributed by atoms with van der Waals surface area (Å²) in [5, 5.41) is 12.9. The second-order valence-corrected chi connectivity index (χ2v) is 7.01. The van der Waals surface area contributed by atoms with E-state index in [0.29, 0.717) is 6.61 Å². The minimum atomic E-state index is 0.643. The average molecular weight is 370 g/mol. The first kappa shape index (κ1) is 18.3. The second-order valence-electron chi connectivity index (χ2n) is 5.95. The summed E-state index contributed by atoms with van der Waals surface area (Å²) in [5.74, 6) is 2.54. The van der Waals surface area contributed by atoms with Gasteiger partial charge in [0.1, 0.15) is 11.5 Å². The van der Waals surface area contributed by atoms with Crippen molar-refractivity contribution in [2.24, 2.45) is 0 Å². The van der Waals surface area contributed by atoms with Crippen LogP contribution in [0, 0.1) is 13.8 Å². The van der Waals surface area contributed by atoms with Crippen LogP contribution in [0.15, 0.2) is 47.6 Å². The number of methoxy groups -OCH3 is 1. The lowest BCUT2D eigenvalue weighted by Gasteiger charge is -2.08. The quantitative estimate of drug-likeness (QED) is 0.443. The molecule has 1 aromatic heterocycles. The van der Waals surface area contributed by atoms with E-state index in [9.17, 15) is 0 Å². The summed E-state index contributed by atoms with van der Waals surface area (Å²) < 4.78 is 12.7. The van der Waals surface area contributed by atoms with Crippen molar-refractivity contribution in [2.75, 3.05) is 19.5 Å². The number of aryl methyl sites for hydroxylation is 2. The molecule has 0 saturated carbocycles. The number of hydrogen-bond acceptors (Lipinski definition) is 6. The molecule has 136 valence electrons. The fraction of sp³-hybridized carbons (Fsp3) is 0.316. The van der Waals surface area contributed by atoms with Crippen LogP contribution in [0.3, 0.4) is 0 Å². The van der Waals surface area contributed by atoms with Crippen LogP contribution in [0.1, 0.15) is 17.5 Å². The van der Waals surface area contributed by atoms with Gasteiger partial charge in [0.25, 0.3) is 0 Å². The topological polar surface area (TPSA) is 62.1 Å². The van der Waals surface area contributed by atoms with Gasteiger partial charge >= 0.3 is 0 Å². The molecule has 0 aliphatic rings. The van der Waals surface area contributed by atoms with Crippen molar-refractivity contribution < 1.29 is 9.47 Å². The van der Waals surface area contributed by atoms with Crippen LogP contribution in [0.5, 0.6) is 11.5 Å². The zero-order chi connectivity index (χ0) is 18.4. The molecule has 0 spiro atoms. The first-order valence-electron chi connectivity index (χ1n) is 8.42. The maximum Gasteiger partial charge on any atom is 0.214 e. The van der Waals surface area contributed by atoms with Crippen molar-refractivity contribution in [2.45, 2.75) is 25.4 Å². The van der Waals surface area contributed by atoms with Gasteiger partial charge in [0.15, 0.2) is 0 Å². The third-order valence-corrected chi connectivity index (χ3v) is 4.75. The highest BCUT2D eigenvalue weighted by molar-refractivity contribution is 7.99. The van der Waals surface area contributed by atoms with Gasteiger partial charge in [-0.1, -0.05) is 17.8 Å². The highest BCUT2D eigenvalue weighted by Gasteiger charge is 2.09. The van der Waals surface area contributed by atoms with Gasteiger partial charge in [-0.25, -0.2) is 0 Å². The van der Waals surface area contributed by atoms with E-state index in [0.717, 1.165) is 34.5 Å². The molecule has 0 radical (unpaired) electrons. The zero-order valence-electron chi connectivity index (χ0n) is 15.2. The summed E-state index contributed by atoms with van der Waals surface area (Å²) in [5.41, 5.74) is 3.38. The molecule has 7 heteroatoms. The Balaban J connectivity index is 1.50. The number of nitrogens with zero attached hydrogens (tertiary/aromatic N) is 4. The maximum atomic E-state index is 5.74. The number of benzene rings is 2. The summed E-state index contributed by atoms with van der Waals surface area (Å²) in [6.45, 7) is 4.79. The normalized spacial score (nSPS) is 10.7. The second kappa shape index (κ2) is 8.71. The van der Waals surface area contributed by atoms with E-state index in [1.165, 1.54) is 11.1 Å². The molecule has 0 fully saturated rings. The molecule has 0 aliphatic heterocycles. The molecule has 0 aliphatic carbocycles. The fourth-order valence-corrected chi connectivity index (χ4v) is 3.39. The van der Waals surface area contributed by atoms with Crippen molar-refractivity contribution >= 4 is 11.8 Å². The minimum Gasteiger partial charge on any atom is -0.497 e. The fourth-order valence-electron chi connectivity index (χ4n) is 2.59. The van der Waals surface area contributed by atoms with E-state index in [2.05, 4.69) is 47.6 Å². The van der Waals surface area contributed by atoms with Crippen molar-refractivity contribution in [1.29, 1.82) is 0 Å². The molecule has 6 nitrogen and oxygen atoms in total. The summed E-state index contributed by atoms with van der Waals surface area (Å²) in [4.78, 5) is 0. The van der Waals surface area contributed by atoms with Crippen LogP contribution in [-0.2, 0) is 0 Å². The van der Waals surface area contributed by atoms with Crippen LogP contribution >= 0.6 is 11.8 Å². The molecule has 0 saturated heterocycles. The van der Waals surface area contributed by atoms with Gasteiger partial charge in [0, 0.05) is 5.75 Å². The van der Waals surface area contributed by atoms with Crippen molar-refractivity contribution in [3.8, 4) is 17.2 Å². The SMILES string of the molecule is COc1ccc(OCCCSc2nnnn2-c2cc(C)cc(C)c2)cc1. The molecule has 0 N–H and O–H groups in total. The lowest BCUT2D eigenvalue weighted by atomic mass is 10.1. The molecule has 1 heterocycles. The van der Waals surface area contributed by atoms with Crippen molar-refractivity contribution in [1.82, 2.24) is 20.2 Å². The summed E-state index contributed by atoms with van der Waals surface area (Å²) in [6, 6.07) is 13.9. The van der Waals surface area contributed by atoms with Gasteiger partial charge < -0.3 is 9.47 Å². The zero-order valence-corrected chi connectivity index (χ0v) is 16.0. The van der Waals surface area contributed by atoms with Crippen LogP contribution in [0.2, 0.25) is 0 Å². The summed E-state index contributed by atoms with van der Waals surface area (Å²) in [7, 11) is 1.65. The Hall–Kier alpha value is -2.54. The van der Waals surface area contributed by atoms with Crippen LogP contribution < -0.4 is 9.47 Å². The largest absolute Gasteiger partial charge is 0.497 e. The molecular weight excluding hydrogens is 348 g/mol. The third-order valence-electron chi connectivity index (χ3n) is 3.74. The summed E-state index contributed by atoms with van der Waals surface area (Å²) >= 11 is 1.63. The molecule has 0 bridgehead atoms. The Morgan fingerprint density at radius 1 is 1.00 bits per heavy atom. The molecule has 3 rings (SSSR count). The molecule has 0 amide bonds. The molecular formula is C19H22N4O2S. The van der Waals surface area contributed by atoms with Gasteiger partial charge in [-0.2, -0.15) is 4.68 Å². The first-order valence-corrected chi connectivity index (χ1v) is 9.41. The van der Waals surface area contributed by atoms with Crippen LogP contribution in [-0.4, -0.2) is 39.7 Å². The van der Waals surface area contributed by atoms with Crippen LogP contribution in [0.25, 0.3) is 5.69 Å². The maximum absolute atomic E-state index is 5.74. The monoisotopic (exact) mass is 370 g/mol. The van der Waals surface area contributed by atoms with E-state index in [-0.39, 0.29) is 0 Å². The van der Waals surface area contributed by atoms with Crippen LogP contribution in [0.4, 0.5) is 0 Å². The standard InChI is InChI=1S/C19H22N4O2S/c1-14-11-15(2)13-16(12-14)23-19(20-21-22-23)26-10-4-9-25-18-7-5-17(24-3)6-8-18/h5-8,11-13H,4,9-10H2,1-3H3. The Morgan fingerprint density at radius 2 is 1.69 bits per heavy atom. The smallest absolute Gasteiger partial charge is 0.214 e. The van der Waals surface area contributed by atoms with Gasteiger partial charge in [-0.15, -0.1) is 5.10 Å². The van der Waals surface area contributed by atoms with Gasteiger partial charge in [-0.3, -0.25) is 0 Å². The Bertz CT molecular complexity index is 829. The third kappa shape index (κ3) is 4.76. The van der Waals surface area contributed by atoms with Gasteiger partial charge in [-0.05, 0) is 78.2 Å². The average Bonchev–Trinajstić information content (AvgIpc) is 3.10. The van der Waals surface area contributed by atoms with Crippen molar-refractivity contribution in [3.63, 3.8) is 0 Å². The number of thioether (sulfide) groups is 1. The predicted octanol–water partition coefficient (Wildman–Crippen LogP) is 3.85. The number of tetrazole rings is 1. The first-order chi connectivity index (χ1) is 12.7. The van der Waals surface area contributed by atoms with E-state index < -0.39 is 0 Å². The van der Waals surface area contributed by atoms with Gasteiger partial charge in [0.2, 0.25) is 5.16 Å². The lowest BCUT2D eigenvalue weighted by molar-refractivity contribution is 0.318. The molecule has 3 aromatic rings. The number of rotatable bonds is 8. The van der Waals surface area contributed by atoms with Gasteiger partial charge in [0.05, 0.1) is 19.4 Å². The van der Waals surface area contributed by atoms with E-state index in [1.54, 1.807) is 23.6 Å². The Kier molecular flexibility index (Phi) is 6.12. The number of ether oxygens (including phenoxy) is 2. The number of hydrogen-bond donors (Lipinski definition) is 0. The molecule has 2 aromatic carbocycles. The highest BCUT2D eigenvalue weighted by atomic mass is 32.2. The number of aromatic nitrogens is 4. The highest BCUT2D eigenvalue weighted by Crippen LogP contribution is 2.21. The van der Waals surface area contributed by atoms with E-state index in [1.807, 2.05) is 24.3 Å². The molecule has 0 unspecified atom stereocenters. The lowest BCUT2D eigenvalue weighted by Crippen LogP contribution is -2.02. The Labute approximate surface area is 157 Å². The summed E-state index contributed by atoms with van der Waals surface area (Å²) in [6.07, 6.45) is 0.899. The molecule has 0 atom stereocenters. The predicted molar refractivity (Wildman–Crippen MR) is 102 cm³/mol. The van der Waals surface area contributed by atoms with E-state index in [4.69, 9.17) is 9.47 Å².